The first-order valence-electron chi connectivity index (χ1n) is 13.5. The molecule has 1 aromatic heterocycles. The van der Waals surface area contributed by atoms with Gasteiger partial charge in [-0.3, -0.25) is 33.9 Å². The molecule has 3 aromatic rings. The molecule has 44 heavy (non-hydrogen) atoms. The van der Waals surface area contributed by atoms with E-state index in [0.717, 1.165) is 28.4 Å². The summed E-state index contributed by atoms with van der Waals surface area (Å²) in [6.07, 6.45) is 1.43. The normalized spacial score (nSPS) is 22.1. The van der Waals surface area contributed by atoms with E-state index >= 15 is 0 Å². The number of H-pyrrole nitrogens is 1. The number of anilines is 1. The van der Waals surface area contributed by atoms with E-state index < -0.39 is 57.1 Å². The summed E-state index contributed by atoms with van der Waals surface area (Å²) < 4.78 is -1.26. The van der Waals surface area contributed by atoms with Gasteiger partial charge in [-0.2, -0.15) is 0 Å². The van der Waals surface area contributed by atoms with Crippen LogP contribution in [0.2, 0.25) is 0 Å². The van der Waals surface area contributed by atoms with E-state index in [0.29, 0.717) is 18.5 Å². The van der Waals surface area contributed by atoms with Crippen LogP contribution in [0.15, 0.2) is 71.7 Å². The number of amides is 4. The zero-order chi connectivity index (χ0) is 31.6. The number of hydrogen-bond acceptors (Lipinski definition) is 9. The molecule has 0 spiro atoms. The second-order valence-corrected chi connectivity index (χ2v) is 12.4. The van der Waals surface area contributed by atoms with E-state index in [4.69, 9.17) is 0 Å². The quantitative estimate of drug-likeness (QED) is 0.130. The van der Waals surface area contributed by atoms with E-state index in [2.05, 4.69) is 31.2 Å². The molecule has 2 aromatic carbocycles. The van der Waals surface area contributed by atoms with Crippen molar-refractivity contribution in [2.75, 3.05) is 5.32 Å². The minimum Gasteiger partial charge on any atom is -0.478 e. The number of nitrogens with one attached hydrogen (secondary N) is 5. The maximum Gasteiger partial charge on any atom is 0.352 e. The lowest BCUT2D eigenvalue weighted by Crippen LogP contribution is -2.80. The molecule has 6 N–H and O–H groups in total. The SMILES string of the molecule is CC1(C)S[C@@H]2[C@H](NC=O)C(=O)N2[C@@]1(NC(=O)C(NC(=O)c1cnc(NCc2ccccc2)[nH]c1=O)c1ccccc1)C(=O)O. The predicted octanol–water partition coefficient (Wildman–Crippen LogP) is 0.559. The molecule has 2 aliphatic heterocycles. The number of nitrogens with zero attached hydrogens (tertiary/aromatic N) is 2. The molecule has 0 saturated carbocycles. The summed E-state index contributed by atoms with van der Waals surface area (Å²) in [6, 6.07) is 15.0. The van der Waals surface area contributed by atoms with Gasteiger partial charge in [0.15, 0.2) is 0 Å². The fourth-order valence-corrected chi connectivity index (χ4v) is 7.01. The molecule has 3 heterocycles. The Balaban J connectivity index is 1.40. The largest absolute Gasteiger partial charge is 0.478 e. The zero-order valence-corrected chi connectivity index (χ0v) is 24.4. The molecule has 0 aliphatic carbocycles. The maximum atomic E-state index is 13.9. The van der Waals surface area contributed by atoms with Gasteiger partial charge in [-0.25, -0.2) is 9.78 Å². The van der Waals surface area contributed by atoms with E-state index in [-0.39, 0.29) is 11.5 Å². The van der Waals surface area contributed by atoms with E-state index in [9.17, 15) is 33.9 Å². The first kappa shape index (κ1) is 30.3. The van der Waals surface area contributed by atoms with Gasteiger partial charge in [0.1, 0.15) is 23.0 Å². The smallest absolute Gasteiger partial charge is 0.352 e. The molecule has 4 atom stereocenters. The van der Waals surface area contributed by atoms with Gasteiger partial charge in [-0.1, -0.05) is 60.7 Å². The lowest BCUT2D eigenvalue weighted by molar-refractivity contribution is -0.176. The van der Waals surface area contributed by atoms with Gasteiger partial charge < -0.3 is 26.4 Å². The third kappa shape index (κ3) is 5.25. The van der Waals surface area contributed by atoms with E-state index in [1.54, 1.807) is 44.2 Å². The highest BCUT2D eigenvalue weighted by Gasteiger charge is 2.74. The lowest BCUT2D eigenvalue weighted by atomic mass is 9.88. The monoisotopic (exact) mass is 619 g/mol. The fraction of sp³-hybridized carbons (Fsp3) is 0.276. The minimum atomic E-state index is -2.22. The van der Waals surface area contributed by atoms with Crippen LogP contribution >= 0.6 is 11.8 Å². The average molecular weight is 620 g/mol. The van der Waals surface area contributed by atoms with Crippen molar-refractivity contribution in [1.82, 2.24) is 30.8 Å². The first-order chi connectivity index (χ1) is 21.0. The van der Waals surface area contributed by atoms with Crippen molar-refractivity contribution in [1.29, 1.82) is 0 Å². The number of hydrogen-bond donors (Lipinski definition) is 6. The van der Waals surface area contributed by atoms with Gasteiger partial charge in [-0.05, 0) is 25.0 Å². The van der Waals surface area contributed by atoms with E-state index in [1.165, 1.54) is 0 Å². The summed E-state index contributed by atoms with van der Waals surface area (Å²) in [5.41, 5.74) is -2.13. The number of aromatic amines is 1. The van der Waals surface area contributed by atoms with Crippen LogP contribution in [0.25, 0.3) is 0 Å². The molecule has 15 heteroatoms. The number of aliphatic carboxylic acids is 1. The molecule has 2 fully saturated rings. The summed E-state index contributed by atoms with van der Waals surface area (Å²) in [6.45, 7) is 3.49. The van der Waals surface area contributed by atoms with Crippen molar-refractivity contribution in [2.24, 2.45) is 0 Å². The van der Waals surface area contributed by atoms with Crippen LogP contribution in [0, 0.1) is 0 Å². The second-order valence-electron chi connectivity index (χ2n) is 10.6. The van der Waals surface area contributed by atoms with Crippen LogP contribution in [0.4, 0.5) is 5.95 Å². The number of β-lactam (4-membered cyclic amide) rings is 1. The van der Waals surface area contributed by atoms with Crippen LogP contribution in [0.5, 0.6) is 0 Å². The standard InChI is InChI=1S/C29H29N7O7S/c1-28(2)29(26(42)43,36-24(41)20(32-15-37)25(36)44-28)35-23(40)19(17-11-7-4-8-12-17)33-21(38)18-14-31-27(34-22(18)39)30-13-16-9-5-3-6-10-16/h3-12,14-15,19-20,25H,13H2,1-2H3,(H,32,37)(H,33,38)(H,35,40)(H,42,43)(H2,30,31,34,39)/t19?,20-,25-,29+/m1/s1. The molecule has 228 valence electrons. The van der Waals surface area contributed by atoms with Crippen molar-refractivity contribution in [3.63, 3.8) is 0 Å². The third-order valence-electron chi connectivity index (χ3n) is 7.57. The summed E-state index contributed by atoms with van der Waals surface area (Å²) >= 11 is 1.11. The Morgan fingerprint density at radius 1 is 1.09 bits per heavy atom. The van der Waals surface area contributed by atoms with Crippen molar-refractivity contribution in [3.8, 4) is 0 Å². The first-order valence-corrected chi connectivity index (χ1v) is 14.4. The van der Waals surface area contributed by atoms with Gasteiger partial charge >= 0.3 is 5.97 Å². The number of aromatic nitrogens is 2. The van der Waals surface area contributed by atoms with Gasteiger partial charge in [-0.15, -0.1) is 11.8 Å². The van der Waals surface area contributed by atoms with Crippen molar-refractivity contribution in [2.45, 2.75) is 48.3 Å². The minimum absolute atomic E-state index is 0.133. The molecule has 5 rings (SSSR count). The second kappa shape index (κ2) is 11.8. The molecule has 2 saturated heterocycles. The predicted molar refractivity (Wildman–Crippen MR) is 159 cm³/mol. The summed E-state index contributed by atoms with van der Waals surface area (Å²) in [5.74, 6) is -3.92. The van der Waals surface area contributed by atoms with Gasteiger partial charge in [0.05, 0.1) is 4.75 Å². The van der Waals surface area contributed by atoms with Crippen LogP contribution in [-0.4, -0.2) is 71.9 Å². The molecule has 0 radical (unpaired) electrons. The Hall–Kier alpha value is -5.18. The van der Waals surface area contributed by atoms with Gasteiger partial charge in [0, 0.05) is 12.7 Å². The molecule has 2 aliphatic rings. The number of carboxylic acids is 1. The summed E-state index contributed by atoms with van der Waals surface area (Å²) in [5, 5.41) is 20.1. The number of carbonyl (C=O) groups is 5. The van der Waals surface area contributed by atoms with Crippen LogP contribution in [0.3, 0.4) is 0 Å². The molecular weight excluding hydrogens is 590 g/mol. The highest BCUT2D eigenvalue weighted by Crippen LogP contribution is 2.55. The van der Waals surface area contributed by atoms with Crippen molar-refractivity contribution < 1.29 is 29.1 Å². The number of rotatable bonds is 11. The van der Waals surface area contributed by atoms with Gasteiger partial charge in [0.25, 0.3) is 17.4 Å². The molecule has 0 bridgehead atoms. The number of carboxylic acid groups (broad SMARTS) is 1. The topological polar surface area (TPSA) is 203 Å². The van der Waals surface area contributed by atoms with E-state index in [1.807, 2.05) is 30.3 Å². The number of benzene rings is 2. The summed E-state index contributed by atoms with van der Waals surface area (Å²) in [7, 11) is 0. The molecule has 14 nitrogen and oxygen atoms in total. The van der Waals surface area contributed by atoms with Crippen LogP contribution in [-0.2, 0) is 25.7 Å². The van der Waals surface area contributed by atoms with Crippen molar-refractivity contribution >= 4 is 47.8 Å². The van der Waals surface area contributed by atoms with Gasteiger partial charge in [0.2, 0.25) is 23.9 Å². The average Bonchev–Trinajstić information content (AvgIpc) is 3.22. The highest BCUT2D eigenvalue weighted by molar-refractivity contribution is 8.01. The molecule has 4 amide bonds. The molecule has 1 unspecified atom stereocenters. The Bertz CT molecular complexity index is 1670. The number of thioether (sulfide) groups is 1. The Morgan fingerprint density at radius 3 is 2.36 bits per heavy atom. The zero-order valence-electron chi connectivity index (χ0n) is 23.6. The van der Waals surface area contributed by atoms with Crippen molar-refractivity contribution in [3.05, 3.63) is 93.9 Å². The van der Waals surface area contributed by atoms with Crippen LogP contribution < -0.4 is 26.8 Å². The maximum absolute atomic E-state index is 13.9. The Kier molecular flexibility index (Phi) is 8.15. The van der Waals surface area contributed by atoms with Crippen LogP contribution in [0.1, 0.15) is 41.4 Å². The third-order valence-corrected chi connectivity index (χ3v) is 9.18. The molecular formula is C29H29N7O7S. The summed E-state index contributed by atoms with van der Waals surface area (Å²) in [4.78, 5) is 84.5. The number of carbonyl (C=O) groups excluding carboxylic acids is 4. The number of fused-ring (bicyclic) bond motifs is 1. The lowest BCUT2D eigenvalue weighted by Gasteiger charge is -2.49. The Labute approximate surface area is 255 Å². The fourth-order valence-electron chi connectivity index (χ4n) is 5.30. The Morgan fingerprint density at radius 2 is 1.75 bits per heavy atom. The highest BCUT2D eigenvalue weighted by atomic mass is 32.2.